The molecular formula is C43H72N16O9S. The highest BCUT2D eigenvalue weighted by Crippen LogP contribution is 2.21. The number of unbranched alkanes of at least 4 members (excludes halogenated alkanes) is 3. The second kappa shape index (κ2) is 33.0. The largest absolute Gasteiger partial charge is 0.386 e. The van der Waals surface area contributed by atoms with Crippen LogP contribution in [0.4, 0.5) is 0 Å². The summed E-state index contributed by atoms with van der Waals surface area (Å²) in [7, 11) is -3.86. The Hall–Kier alpha value is -6.64. The molecule has 0 radical (unpaired) electrons. The lowest BCUT2D eigenvalue weighted by Gasteiger charge is -2.22. The maximum Gasteiger partial charge on any atom is 0.243 e. The molecule has 2 aromatic rings. The Labute approximate surface area is 402 Å². The predicted molar refractivity (Wildman–Crippen MR) is 260 cm³/mol. The molecule has 19 N–H and O–H groups in total. The van der Waals surface area contributed by atoms with Crippen molar-refractivity contribution in [3.05, 3.63) is 49.1 Å². The number of nitrogens with two attached hydrogens (primary N) is 5. The third kappa shape index (κ3) is 25.3. The molecule has 0 aliphatic heterocycles. The zero-order valence-electron chi connectivity index (χ0n) is 39.1. The van der Waals surface area contributed by atoms with Gasteiger partial charge < -0.3 is 65.9 Å². The van der Waals surface area contributed by atoms with E-state index in [1.165, 1.54) is 12.3 Å². The van der Waals surface area contributed by atoms with Crippen molar-refractivity contribution >= 4 is 68.1 Å². The molecule has 1 aromatic heterocycles. The van der Waals surface area contributed by atoms with Crippen LogP contribution in [0.3, 0.4) is 0 Å². The number of sulfonamides is 1. The van der Waals surface area contributed by atoms with Gasteiger partial charge in [0.1, 0.15) is 18.1 Å². The number of fused-ring (bicyclic) bond motifs is 1. The Morgan fingerprint density at radius 3 is 1.97 bits per heavy atom. The molecule has 26 heteroatoms. The summed E-state index contributed by atoms with van der Waals surface area (Å²) in [5.41, 5.74) is 27.4. The van der Waals surface area contributed by atoms with Gasteiger partial charge in [0.2, 0.25) is 51.4 Å². The number of carbonyl (C=O) groups is 7. The van der Waals surface area contributed by atoms with E-state index in [2.05, 4.69) is 63.8 Å². The van der Waals surface area contributed by atoms with Gasteiger partial charge in [-0.3, -0.25) is 48.9 Å². The number of carbonyl (C=O) groups excluding carboxylic acids is 7. The van der Waals surface area contributed by atoms with Crippen molar-refractivity contribution in [3.8, 4) is 0 Å². The normalized spacial score (nSPS) is 12.4. The van der Waals surface area contributed by atoms with Crippen molar-refractivity contribution in [2.45, 2.75) is 100 Å². The van der Waals surface area contributed by atoms with Gasteiger partial charge >= 0.3 is 0 Å². The van der Waals surface area contributed by atoms with E-state index in [0.29, 0.717) is 75.2 Å². The molecule has 2 rings (SSSR count). The van der Waals surface area contributed by atoms with Gasteiger partial charge in [-0.1, -0.05) is 25.1 Å². The molecular weight excluding hydrogens is 917 g/mol. The smallest absolute Gasteiger partial charge is 0.243 e. The highest BCUT2D eigenvalue weighted by Gasteiger charge is 2.26. The zero-order valence-corrected chi connectivity index (χ0v) is 39.9. The minimum absolute atomic E-state index is 0.00640. The van der Waals surface area contributed by atoms with Gasteiger partial charge in [0, 0.05) is 75.3 Å². The molecule has 25 nitrogen and oxygen atoms in total. The van der Waals surface area contributed by atoms with Gasteiger partial charge in [0.15, 0.2) is 5.96 Å². The van der Waals surface area contributed by atoms with E-state index in [1.54, 1.807) is 24.4 Å². The minimum atomic E-state index is -3.86. The topological polar surface area (TPSA) is 417 Å². The third-order valence-electron chi connectivity index (χ3n) is 10.2. The first kappa shape index (κ1) is 58.5. The first-order valence-electron chi connectivity index (χ1n) is 22.9. The van der Waals surface area contributed by atoms with Gasteiger partial charge in [-0.2, -0.15) is 0 Å². The average Bonchev–Trinajstić information content (AvgIpc) is 3.30. The lowest BCUT2D eigenvalue weighted by Crippen LogP contribution is -2.53. The molecule has 69 heavy (non-hydrogen) atoms. The second-order valence-electron chi connectivity index (χ2n) is 15.9. The number of nitrogens with one attached hydrogen (secondary N) is 9. The highest BCUT2D eigenvalue weighted by atomic mass is 32.2. The van der Waals surface area contributed by atoms with Crippen molar-refractivity contribution in [1.29, 1.82) is 0 Å². The van der Waals surface area contributed by atoms with Gasteiger partial charge in [-0.15, -0.1) is 0 Å². The van der Waals surface area contributed by atoms with Crippen LogP contribution in [0, 0.1) is 0 Å². The van der Waals surface area contributed by atoms with Gasteiger partial charge in [0.25, 0.3) is 0 Å². The lowest BCUT2D eigenvalue weighted by molar-refractivity contribution is -0.131. The number of pyridine rings is 1. The van der Waals surface area contributed by atoms with E-state index in [1.807, 2.05) is 0 Å². The number of aliphatic imine (C=N–C) groups is 1. The highest BCUT2D eigenvalue weighted by molar-refractivity contribution is 7.89. The molecule has 0 saturated carbocycles. The van der Waals surface area contributed by atoms with E-state index < -0.39 is 69.5 Å². The predicted octanol–water partition coefficient (Wildman–Crippen LogP) is -3.68. The number of primary amides is 1. The van der Waals surface area contributed by atoms with E-state index in [0.717, 1.165) is 0 Å². The van der Waals surface area contributed by atoms with Crippen molar-refractivity contribution in [3.63, 3.8) is 0 Å². The standard InChI is InChI=1S/C43H72N16O9S/c1-29(45)51-20-8-12-32(40(46)64)59-42(66)34(13-9-21-55-43(47)48)58-36(60)15-3-2-6-19-54-41(65)33(11-4-5-18-44)57-37(61)17-23-52-38(62)27-50-28-39(63)53-24-25-56-69(67,68)35-14-7-10-30-26-49-22-16-31(30)35/h7,10,14,16,22,26,32-34,50-51,56H,1-6,8-9,11-13,15,17-21,23-25,27-28,44-45H2,(H2,46,64)(H,52,62)(H,53,63)(H,54,65)(H,57,61)(H,58,60)(H,59,66)(H4,47,48,55)/t32-,33-,34-/m1/s1. The number of hydrogen-bond acceptors (Lipinski definition) is 15. The molecule has 3 atom stereocenters. The van der Waals surface area contributed by atoms with E-state index in [9.17, 15) is 42.0 Å². The zero-order chi connectivity index (χ0) is 51.0. The Balaban J connectivity index is 1.70. The average molecular weight is 989 g/mol. The number of nitrogens with zero attached hydrogens (tertiary/aromatic N) is 2. The Morgan fingerprint density at radius 1 is 0.638 bits per heavy atom. The summed E-state index contributed by atoms with van der Waals surface area (Å²) in [4.78, 5) is 96.6. The molecule has 7 amide bonds. The summed E-state index contributed by atoms with van der Waals surface area (Å²) in [5.74, 6) is -3.36. The van der Waals surface area contributed by atoms with Crippen molar-refractivity contribution in [2.24, 2.45) is 33.7 Å². The van der Waals surface area contributed by atoms with Crippen LogP contribution < -0.4 is 75.9 Å². The summed E-state index contributed by atoms with van der Waals surface area (Å²) >= 11 is 0. The monoisotopic (exact) mass is 989 g/mol. The molecule has 0 fully saturated rings. The van der Waals surface area contributed by atoms with Crippen LogP contribution in [0.5, 0.6) is 0 Å². The number of rotatable bonds is 37. The molecule has 1 aromatic carbocycles. The van der Waals surface area contributed by atoms with Crippen LogP contribution in [-0.2, 0) is 43.6 Å². The number of amides is 7. The number of guanidine groups is 1. The first-order chi connectivity index (χ1) is 32.9. The Bertz CT molecular complexity index is 2130. The maximum atomic E-state index is 13.2. The number of hydrogen-bond donors (Lipinski definition) is 14. The van der Waals surface area contributed by atoms with Gasteiger partial charge in [0.05, 0.1) is 23.8 Å². The van der Waals surface area contributed by atoms with Crippen LogP contribution in [-0.4, -0.2) is 138 Å². The molecule has 0 aliphatic rings. The number of aromatic nitrogens is 1. The summed E-state index contributed by atoms with van der Waals surface area (Å²) in [5, 5.41) is 22.7. The quantitative estimate of drug-likeness (QED) is 0.0176. The molecule has 0 saturated heterocycles. The lowest BCUT2D eigenvalue weighted by atomic mass is 10.1. The van der Waals surface area contributed by atoms with E-state index in [4.69, 9.17) is 28.7 Å². The van der Waals surface area contributed by atoms with E-state index in [-0.39, 0.29) is 88.2 Å². The summed E-state index contributed by atoms with van der Waals surface area (Å²) < 4.78 is 28.1. The van der Waals surface area contributed by atoms with Crippen molar-refractivity contribution in [1.82, 2.24) is 52.2 Å². The van der Waals surface area contributed by atoms with Gasteiger partial charge in [-0.05, 0) is 76.5 Å². The van der Waals surface area contributed by atoms with Crippen LogP contribution in [0.25, 0.3) is 10.8 Å². The van der Waals surface area contributed by atoms with E-state index >= 15 is 0 Å². The third-order valence-corrected chi connectivity index (χ3v) is 11.7. The molecule has 0 bridgehead atoms. The fraction of sp³-hybridized carbons (Fsp3) is 0.558. The van der Waals surface area contributed by atoms with Crippen LogP contribution in [0.15, 0.2) is 58.9 Å². The fourth-order valence-electron chi connectivity index (χ4n) is 6.62. The summed E-state index contributed by atoms with van der Waals surface area (Å²) in [6.45, 7) is 4.32. The SMILES string of the molecule is C=C(N)NCCC[C@@H](NC(=O)[C@@H](CCCN=C(N)N)NC(=O)CCCCCNC(=O)[C@@H](CCCCN)NC(=O)CCNC(=O)CNCC(=O)NCCNS(=O)(=O)c1cccc2cnccc12)C(N)=O. The summed E-state index contributed by atoms with van der Waals surface area (Å²) in [6, 6.07) is 3.64. The van der Waals surface area contributed by atoms with Crippen molar-refractivity contribution in [2.75, 3.05) is 58.9 Å². The van der Waals surface area contributed by atoms with Crippen LogP contribution in [0.2, 0.25) is 0 Å². The molecule has 1 heterocycles. The molecule has 0 unspecified atom stereocenters. The summed E-state index contributed by atoms with van der Waals surface area (Å²) in [6.07, 6.45) is 7.34. The van der Waals surface area contributed by atoms with Gasteiger partial charge in [-0.25, -0.2) is 13.1 Å². The fourth-order valence-corrected chi connectivity index (χ4v) is 7.88. The first-order valence-corrected chi connectivity index (χ1v) is 24.4. The maximum absolute atomic E-state index is 13.2. The Morgan fingerprint density at radius 2 is 1.29 bits per heavy atom. The molecule has 384 valence electrons. The minimum Gasteiger partial charge on any atom is -0.386 e. The number of benzene rings is 1. The second-order valence-corrected chi connectivity index (χ2v) is 17.7. The van der Waals surface area contributed by atoms with Crippen molar-refractivity contribution < 1.29 is 42.0 Å². The molecule has 0 aliphatic carbocycles. The van der Waals surface area contributed by atoms with Crippen LogP contribution in [0.1, 0.15) is 77.0 Å². The van der Waals surface area contributed by atoms with Crippen LogP contribution >= 0.6 is 0 Å². The Kier molecular flexibility index (Phi) is 27.9. The molecule has 0 spiro atoms.